The van der Waals surface area contributed by atoms with Gasteiger partial charge in [-0.15, -0.1) is 0 Å². The maximum absolute atomic E-state index is 12.7. The first-order chi connectivity index (χ1) is 25.6. The maximum Gasteiger partial charge on any atom is 0.335 e. The predicted octanol–water partition coefficient (Wildman–Crippen LogP) is 15.0. The first-order valence-electron chi connectivity index (χ1n) is 22.7. The van der Waals surface area contributed by atoms with Crippen molar-refractivity contribution in [3.05, 3.63) is 28.8 Å². The average molecular weight is 724 g/mol. The minimum atomic E-state index is -0.240. The summed E-state index contributed by atoms with van der Waals surface area (Å²) in [6.45, 7) is 6.59. The van der Waals surface area contributed by atoms with E-state index in [-0.39, 0.29) is 11.9 Å². The third-order valence-electron chi connectivity index (χ3n) is 11.2. The molecule has 2 rings (SSSR count). The number of rotatable bonds is 34. The molecule has 1 aliphatic carbocycles. The molecular weight excluding hydrogens is 643 g/mol. The highest BCUT2D eigenvalue weighted by Gasteiger charge is 2.21. The lowest BCUT2D eigenvalue weighted by Gasteiger charge is -2.21. The molecule has 0 atom stereocenters. The lowest BCUT2D eigenvalue weighted by atomic mass is 9.87. The molecule has 1 aliphatic rings. The Hall–Kier alpha value is -2.17. The van der Waals surface area contributed by atoms with E-state index in [1.165, 1.54) is 167 Å². The summed E-state index contributed by atoms with van der Waals surface area (Å²) >= 11 is 0. The highest BCUT2D eigenvalue weighted by molar-refractivity contribution is 6.03. The largest absolute Gasteiger partial charge is 0.426 e. The molecule has 5 heteroatoms. The van der Waals surface area contributed by atoms with E-state index < -0.39 is 0 Å². The Morgan fingerprint density at radius 3 is 1.33 bits per heavy atom. The van der Waals surface area contributed by atoms with Gasteiger partial charge in [0.1, 0.15) is 5.75 Å². The zero-order chi connectivity index (χ0) is 37.3. The van der Waals surface area contributed by atoms with Crippen molar-refractivity contribution in [3.8, 4) is 5.75 Å². The Bertz CT molecular complexity index is 1080. The van der Waals surface area contributed by atoms with E-state index in [1.54, 1.807) is 0 Å². The molecule has 1 aromatic carbocycles. The number of nitrogens with zero attached hydrogens (tertiary/aromatic N) is 1. The van der Waals surface area contributed by atoms with Gasteiger partial charge in [0.15, 0.2) is 0 Å². The van der Waals surface area contributed by atoms with E-state index >= 15 is 0 Å². The molecule has 0 heterocycles. The molecule has 0 saturated heterocycles. The number of benzene rings is 1. The lowest BCUT2D eigenvalue weighted by molar-refractivity contribution is -0.143. The van der Waals surface area contributed by atoms with Crippen LogP contribution in [0, 0.1) is 6.92 Å². The van der Waals surface area contributed by atoms with E-state index in [2.05, 4.69) is 19.0 Å². The topological polar surface area (TPSA) is 65.0 Å². The van der Waals surface area contributed by atoms with Crippen molar-refractivity contribution < 1.29 is 19.2 Å². The number of oxime groups is 1. The van der Waals surface area contributed by atoms with Gasteiger partial charge in [0.25, 0.3) is 0 Å². The third kappa shape index (κ3) is 22.8. The van der Waals surface area contributed by atoms with E-state index in [0.29, 0.717) is 18.6 Å². The van der Waals surface area contributed by atoms with Crippen molar-refractivity contribution in [1.29, 1.82) is 0 Å². The van der Waals surface area contributed by atoms with Crippen LogP contribution < -0.4 is 4.74 Å². The zero-order valence-corrected chi connectivity index (χ0v) is 34.5. The van der Waals surface area contributed by atoms with Crippen molar-refractivity contribution >= 4 is 17.7 Å². The molecule has 0 N–H and O–H groups in total. The van der Waals surface area contributed by atoms with E-state index in [0.717, 1.165) is 67.3 Å². The van der Waals surface area contributed by atoms with Gasteiger partial charge in [-0.3, -0.25) is 4.79 Å². The fourth-order valence-electron chi connectivity index (χ4n) is 7.71. The van der Waals surface area contributed by atoms with Crippen LogP contribution >= 0.6 is 0 Å². The van der Waals surface area contributed by atoms with Crippen molar-refractivity contribution in [2.45, 2.75) is 245 Å². The summed E-state index contributed by atoms with van der Waals surface area (Å²) in [5, 5.41) is 4.31. The molecule has 0 radical (unpaired) electrons. The van der Waals surface area contributed by atoms with Crippen LogP contribution in [0.15, 0.2) is 17.3 Å². The van der Waals surface area contributed by atoms with Crippen LogP contribution in [0.1, 0.15) is 249 Å². The Kier molecular flexibility index (Phi) is 28.5. The number of carbonyl (C=O) groups is 2. The van der Waals surface area contributed by atoms with Gasteiger partial charge >= 0.3 is 11.9 Å². The van der Waals surface area contributed by atoms with Gasteiger partial charge < -0.3 is 9.57 Å². The fraction of sp³-hybridized carbons (Fsp3) is 0.809. The first kappa shape index (κ1) is 46.0. The minimum absolute atomic E-state index is 0.143. The van der Waals surface area contributed by atoms with Crippen molar-refractivity contribution in [2.75, 3.05) is 0 Å². The molecule has 1 aromatic rings. The number of esters is 1. The Balaban J connectivity index is 1.53. The van der Waals surface area contributed by atoms with Gasteiger partial charge in [0.2, 0.25) is 0 Å². The average Bonchev–Trinajstić information content (AvgIpc) is 3.15. The maximum atomic E-state index is 12.7. The fourth-order valence-corrected chi connectivity index (χ4v) is 7.71. The molecule has 0 aliphatic heterocycles. The van der Waals surface area contributed by atoms with E-state index in [9.17, 15) is 9.59 Å². The second-order valence-electron chi connectivity index (χ2n) is 15.9. The predicted molar refractivity (Wildman–Crippen MR) is 221 cm³/mol. The van der Waals surface area contributed by atoms with Crippen LogP contribution in [0.2, 0.25) is 0 Å². The molecule has 0 unspecified atom stereocenters. The smallest absolute Gasteiger partial charge is 0.335 e. The molecule has 298 valence electrons. The van der Waals surface area contributed by atoms with Gasteiger partial charge in [-0.05, 0) is 62.3 Å². The van der Waals surface area contributed by atoms with Crippen LogP contribution in [0.5, 0.6) is 5.75 Å². The number of ether oxygens (including phenoxy) is 1. The Labute approximate surface area is 321 Å². The van der Waals surface area contributed by atoms with Crippen LogP contribution in [0.25, 0.3) is 0 Å². The van der Waals surface area contributed by atoms with Gasteiger partial charge in [0.05, 0.1) is 5.71 Å². The number of hydrogen-bond acceptors (Lipinski definition) is 5. The van der Waals surface area contributed by atoms with Gasteiger partial charge in [-0.25, -0.2) is 4.79 Å². The van der Waals surface area contributed by atoms with Crippen molar-refractivity contribution in [3.63, 3.8) is 0 Å². The van der Waals surface area contributed by atoms with Gasteiger partial charge in [0, 0.05) is 18.4 Å². The summed E-state index contributed by atoms with van der Waals surface area (Å²) in [6.07, 6.45) is 42.9. The third-order valence-corrected chi connectivity index (χ3v) is 11.2. The second kappa shape index (κ2) is 32.3. The highest BCUT2D eigenvalue weighted by atomic mass is 16.7. The monoisotopic (exact) mass is 724 g/mol. The summed E-state index contributed by atoms with van der Waals surface area (Å²) in [7, 11) is 0. The number of unbranched alkanes of at least 4 members (excludes halogenated alkanes) is 28. The van der Waals surface area contributed by atoms with E-state index in [1.807, 2.05) is 19.1 Å². The molecule has 0 spiro atoms. The normalized spacial score (nSPS) is 13.4. The van der Waals surface area contributed by atoms with Gasteiger partial charge in [-0.1, -0.05) is 199 Å². The molecule has 0 fully saturated rings. The molecule has 52 heavy (non-hydrogen) atoms. The van der Waals surface area contributed by atoms with Crippen molar-refractivity contribution in [1.82, 2.24) is 0 Å². The zero-order valence-electron chi connectivity index (χ0n) is 34.5. The molecule has 0 aromatic heterocycles. The van der Waals surface area contributed by atoms with Crippen LogP contribution in [0.3, 0.4) is 0 Å². The molecule has 0 amide bonds. The molecule has 0 saturated carbocycles. The molecule has 0 bridgehead atoms. The SMILES string of the molecule is CCCCCCCCCCCCCCCCCC(=O)ON=C1CCCc2c1ccc(OC(=O)CCCCCCCCCCCCCCCCC)c2C. The van der Waals surface area contributed by atoms with Crippen LogP contribution in [-0.4, -0.2) is 17.7 Å². The minimum Gasteiger partial charge on any atom is -0.426 e. The molecular formula is C47H81NO4. The number of fused-ring (bicyclic) bond motifs is 1. The highest BCUT2D eigenvalue weighted by Crippen LogP contribution is 2.31. The summed E-state index contributed by atoms with van der Waals surface area (Å²) in [4.78, 5) is 30.5. The van der Waals surface area contributed by atoms with Gasteiger partial charge in [-0.2, -0.15) is 0 Å². The quantitative estimate of drug-likeness (QED) is 0.0233. The van der Waals surface area contributed by atoms with E-state index in [4.69, 9.17) is 9.57 Å². The molecule has 5 nitrogen and oxygen atoms in total. The first-order valence-corrected chi connectivity index (χ1v) is 22.7. The summed E-state index contributed by atoms with van der Waals surface area (Å²) in [5.41, 5.74) is 4.00. The Morgan fingerprint density at radius 1 is 0.519 bits per heavy atom. The van der Waals surface area contributed by atoms with Crippen LogP contribution in [-0.2, 0) is 20.8 Å². The standard InChI is InChI=1S/C47H81NO4/c1-4-6-8-10-12-14-16-18-20-22-24-26-28-30-32-37-46(49)51-45-40-39-43-42(41(45)3)35-34-36-44(43)48-52-47(50)38-33-31-29-27-25-23-21-19-17-15-13-11-9-7-5-2/h39-40H,4-38H2,1-3H3. The lowest BCUT2D eigenvalue weighted by Crippen LogP contribution is -2.16. The Morgan fingerprint density at radius 2 is 0.904 bits per heavy atom. The number of hydrogen-bond donors (Lipinski definition) is 0. The summed E-state index contributed by atoms with van der Waals surface area (Å²) < 4.78 is 5.82. The van der Waals surface area contributed by atoms with Crippen molar-refractivity contribution in [2.24, 2.45) is 5.16 Å². The van der Waals surface area contributed by atoms with Crippen LogP contribution in [0.4, 0.5) is 0 Å². The number of carbonyl (C=O) groups excluding carboxylic acids is 2. The summed E-state index contributed by atoms with van der Waals surface area (Å²) in [6, 6.07) is 3.87. The second-order valence-corrected chi connectivity index (χ2v) is 15.9. The summed E-state index contributed by atoms with van der Waals surface area (Å²) in [5.74, 6) is 0.265.